The van der Waals surface area contributed by atoms with E-state index in [1.54, 1.807) is 50.2 Å². The molecule has 3 aromatic rings. The van der Waals surface area contributed by atoms with Gasteiger partial charge in [-0.3, -0.25) is 18.5 Å². The number of aromatic amines is 1. The number of H-pyrrole nitrogens is 1. The van der Waals surface area contributed by atoms with E-state index in [0.717, 1.165) is 16.8 Å². The number of ether oxygens (including phenoxy) is 3. The lowest BCUT2D eigenvalue weighted by molar-refractivity contribution is -0.0577. The summed E-state index contributed by atoms with van der Waals surface area (Å²) in [7, 11) is -4.25. The number of hydrogen-bond donors (Lipinski definition) is 2. The molecule has 1 aliphatic rings. The summed E-state index contributed by atoms with van der Waals surface area (Å²) >= 11 is 0. The van der Waals surface area contributed by atoms with Crippen molar-refractivity contribution in [1.82, 2.24) is 14.3 Å². The van der Waals surface area contributed by atoms with Gasteiger partial charge in [0.2, 0.25) is 0 Å². The van der Waals surface area contributed by atoms with Crippen LogP contribution in [0, 0.1) is 0 Å². The van der Waals surface area contributed by atoms with Crippen LogP contribution in [0.4, 0.5) is 0 Å². The third-order valence-corrected chi connectivity index (χ3v) is 6.89. The SMILES string of the molecule is CC(C)NS(=O)(=O)OC[C@H]1O[C@@H](n2ccc(=O)[nH]c2=O)C(OC(=O)c2ccccc2)C1OC(=O)c1ccccc1. The molecule has 1 aromatic heterocycles. The van der Waals surface area contributed by atoms with Crippen molar-refractivity contribution in [2.75, 3.05) is 6.61 Å². The molecular formula is C26H27N3O10S. The van der Waals surface area contributed by atoms with Gasteiger partial charge < -0.3 is 14.2 Å². The molecule has 0 radical (unpaired) electrons. The second-order valence-electron chi connectivity index (χ2n) is 9.07. The van der Waals surface area contributed by atoms with Gasteiger partial charge in [-0.1, -0.05) is 36.4 Å². The Balaban J connectivity index is 1.72. The van der Waals surface area contributed by atoms with E-state index in [2.05, 4.69) is 9.71 Å². The van der Waals surface area contributed by atoms with Crippen molar-refractivity contribution in [3.05, 3.63) is 105 Å². The van der Waals surface area contributed by atoms with Crippen LogP contribution < -0.4 is 16.0 Å². The minimum absolute atomic E-state index is 0.159. The number of nitrogens with one attached hydrogen (secondary N) is 2. The second-order valence-corrected chi connectivity index (χ2v) is 10.4. The molecule has 1 aliphatic heterocycles. The van der Waals surface area contributed by atoms with E-state index in [0.29, 0.717) is 0 Å². The Morgan fingerprint density at radius 2 is 1.48 bits per heavy atom. The smallest absolute Gasteiger partial charge is 0.338 e. The van der Waals surface area contributed by atoms with Crippen LogP contribution in [0.3, 0.4) is 0 Å². The number of carbonyl (C=O) groups is 2. The summed E-state index contributed by atoms with van der Waals surface area (Å²) in [6, 6.07) is 16.4. The number of benzene rings is 2. The summed E-state index contributed by atoms with van der Waals surface area (Å²) in [5.74, 6) is -1.65. The first-order valence-electron chi connectivity index (χ1n) is 12.2. The van der Waals surface area contributed by atoms with Crippen molar-refractivity contribution in [3.63, 3.8) is 0 Å². The van der Waals surface area contributed by atoms with Crippen LogP contribution >= 0.6 is 0 Å². The van der Waals surface area contributed by atoms with Gasteiger partial charge in [0.25, 0.3) is 5.56 Å². The molecule has 13 nitrogen and oxygen atoms in total. The number of rotatable bonds is 10. The maximum absolute atomic E-state index is 13.1. The highest BCUT2D eigenvalue weighted by atomic mass is 32.2. The zero-order valence-corrected chi connectivity index (χ0v) is 22.3. The van der Waals surface area contributed by atoms with Gasteiger partial charge in [0.05, 0.1) is 17.7 Å². The Labute approximate surface area is 228 Å². The van der Waals surface area contributed by atoms with E-state index in [-0.39, 0.29) is 11.1 Å². The lowest BCUT2D eigenvalue weighted by Gasteiger charge is -2.25. The maximum Gasteiger partial charge on any atom is 0.338 e. The maximum atomic E-state index is 13.1. The minimum Gasteiger partial charge on any atom is -0.452 e. The molecule has 1 saturated heterocycles. The topological polar surface area (TPSA) is 172 Å². The number of nitrogens with zero attached hydrogens (tertiary/aromatic N) is 1. The molecule has 2 N–H and O–H groups in total. The molecular weight excluding hydrogens is 546 g/mol. The second kappa shape index (κ2) is 12.4. The molecule has 2 heterocycles. The van der Waals surface area contributed by atoms with Crippen molar-refractivity contribution < 1.29 is 36.4 Å². The van der Waals surface area contributed by atoms with Gasteiger partial charge in [0.1, 0.15) is 6.10 Å². The molecule has 40 heavy (non-hydrogen) atoms. The molecule has 0 amide bonds. The Morgan fingerprint density at radius 3 is 2.00 bits per heavy atom. The largest absolute Gasteiger partial charge is 0.452 e. The number of hydrogen-bond acceptors (Lipinski definition) is 10. The molecule has 0 aliphatic carbocycles. The lowest BCUT2D eigenvalue weighted by Crippen LogP contribution is -2.43. The van der Waals surface area contributed by atoms with Gasteiger partial charge >= 0.3 is 27.9 Å². The Morgan fingerprint density at radius 1 is 0.925 bits per heavy atom. The van der Waals surface area contributed by atoms with Gasteiger partial charge in [-0.2, -0.15) is 13.1 Å². The van der Waals surface area contributed by atoms with E-state index in [1.807, 2.05) is 0 Å². The van der Waals surface area contributed by atoms with Crippen LogP contribution in [0.2, 0.25) is 0 Å². The zero-order valence-electron chi connectivity index (χ0n) is 21.5. The number of esters is 2. The fraction of sp³-hybridized carbons (Fsp3) is 0.308. The normalized spacial score (nSPS) is 20.8. The average molecular weight is 574 g/mol. The Bertz CT molecular complexity index is 1550. The van der Waals surface area contributed by atoms with Gasteiger partial charge in [-0.05, 0) is 38.1 Å². The van der Waals surface area contributed by atoms with Gasteiger partial charge in [0, 0.05) is 18.3 Å². The molecule has 4 atom stereocenters. The molecule has 0 bridgehead atoms. The van der Waals surface area contributed by atoms with Crippen molar-refractivity contribution in [2.45, 2.75) is 44.4 Å². The highest BCUT2D eigenvalue weighted by Crippen LogP contribution is 2.34. The first-order chi connectivity index (χ1) is 19.0. The van der Waals surface area contributed by atoms with E-state index in [1.165, 1.54) is 24.3 Å². The zero-order chi connectivity index (χ0) is 28.9. The first-order valence-corrected chi connectivity index (χ1v) is 13.6. The fourth-order valence-electron chi connectivity index (χ4n) is 3.97. The lowest BCUT2D eigenvalue weighted by atomic mass is 10.1. The van der Waals surface area contributed by atoms with Gasteiger partial charge in [0.15, 0.2) is 18.4 Å². The fourth-order valence-corrected chi connectivity index (χ4v) is 4.93. The van der Waals surface area contributed by atoms with E-state index >= 15 is 0 Å². The van der Waals surface area contributed by atoms with Crippen LogP contribution in [-0.2, 0) is 28.7 Å². The van der Waals surface area contributed by atoms with Crippen LogP contribution in [0.25, 0.3) is 0 Å². The quantitative estimate of drug-likeness (QED) is 0.335. The molecule has 0 spiro atoms. The summed E-state index contributed by atoms with van der Waals surface area (Å²) in [6.45, 7) is 2.52. The molecule has 4 rings (SSSR count). The number of aromatic nitrogens is 2. The van der Waals surface area contributed by atoms with Crippen molar-refractivity contribution in [1.29, 1.82) is 0 Å². The molecule has 0 saturated carbocycles. The van der Waals surface area contributed by atoms with Crippen LogP contribution in [0.1, 0.15) is 40.8 Å². The summed E-state index contributed by atoms with van der Waals surface area (Å²) in [4.78, 5) is 52.5. The van der Waals surface area contributed by atoms with E-state index in [9.17, 15) is 27.6 Å². The predicted octanol–water partition coefficient (Wildman–Crippen LogP) is 1.14. The van der Waals surface area contributed by atoms with Crippen molar-refractivity contribution in [3.8, 4) is 0 Å². The molecule has 14 heteroatoms. The Kier molecular flexibility index (Phi) is 8.94. The highest BCUT2D eigenvalue weighted by Gasteiger charge is 2.51. The Hall–Kier alpha value is -4.11. The van der Waals surface area contributed by atoms with Crippen LogP contribution in [0.5, 0.6) is 0 Å². The van der Waals surface area contributed by atoms with E-state index in [4.69, 9.17) is 18.4 Å². The summed E-state index contributed by atoms with van der Waals surface area (Å²) < 4.78 is 50.3. The highest BCUT2D eigenvalue weighted by molar-refractivity contribution is 7.84. The van der Waals surface area contributed by atoms with Gasteiger partial charge in [-0.25, -0.2) is 14.4 Å². The van der Waals surface area contributed by atoms with Crippen molar-refractivity contribution >= 4 is 22.2 Å². The third kappa shape index (κ3) is 7.09. The standard InChI is InChI=1S/C26H27N3O10S/c1-16(2)28-40(34,35)36-15-19-21(38-24(31)17-9-5-3-6-10-17)22(39-25(32)18-11-7-4-8-12-18)23(37-19)29-14-13-20(30)27-26(29)33/h3-14,16,19,21-23,28H,15H2,1-2H3,(H,27,30,33)/t19-,21?,22?,23-/m1/s1. The molecule has 2 unspecified atom stereocenters. The van der Waals surface area contributed by atoms with E-state index < -0.39 is 70.7 Å². The minimum atomic E-state index is -4.25. The molecule has 2 aromatic carbocycles. The summed E-state index contributed by atoms with van der Waals surface area (Å²) in [6.07, 6.45) is -4.53. The predicted molar refractivity (Wildman–Crippen MR) is 140 cm³/mol. The van der Waals surface area contributed by atoms with Crippen LogP contribution in [0.15, 0.2) is 82.5 Å². The average Bonchev–Trinajstić information content (AvgIpc) is 3.24. The molecule has 1 fully saturated rings. The first kappa shape index (κ1) is 28.9. The van der Waals surface area contributed by atoms with Crippen LogP contribution in [-0.4, -0.2) is 60.9 Å². The van der Waals surface area contributed by atoms with Gasteiger partial charge in [-0.15, -0.1) is 0 Å². The monoisotopic (exact) mass is 573 g/mol. The summed E-state index contributed by atoms with van der Waals surface area (Å²) in [5.41, 5.74) is -1.27. The van der Waals surface area contributed by atoms with Crippen molar-refractivity contribution in [2.24, 2.45) is 0 Å². The third-order valence-electron chi connectivity index (χ3n) is 5.68. The number of carbonyl (C=O) groups excluding carboxylic acids is 2. The molecule has 212 valence electrons. The summed E-state index contributed by atoms with van der Waals surface area (Å²) in [5, 5.41) is 0.